The Hall–Kier alpha value is -3.04. The number of nitrogens with one attached hydrogen (secondary N) is 1. The summed E-state index contributed by atoms with van der Waals surface area (Å²) in [6.07, 6.45) is 3.36. The monoisotopic (exact) mass is 571 g/mol. The first-order valence-corrected chi connectivity index (χ1v) is 14.4. The number of aromatic nitrogens is 1. The number of rotatable bonds is 8. The Morgan fingerprint density at radius 3 is 2.58 bits per heavy atom. The molecule has 3 heterocycles. The molecule has 3 amide bonds. The van der Waals surface area contributed by atoms with Crippen LogP contribution in [-0.2, 0) is 6.42 Å². The van der Waals surface area contributed by atoms with Crippen LogP contribution in [0.5, 0.6) is 11.5 Å². The largest absolute Gasteiger partial charge is 0.454 e. The molecule has 0 radical (unpaired) electrons. The van der Waals surface area contributed by atoms with Crippen LogP contribution >= 0.6 is 11.6 Å². The highest BCUT2D eigenvalue weighted by atomic mass is 35.5. The average molecular weight is 572 g/mol. The number of hydrogen-bond donors (Lipinski definition) is 2. The molecule has 2 aliphatic rings. The number of piperidine rings is 1. The first-order chi connectivity index (χ1) is 18.9. The van der Waals surface area contributed by atoms with Gasteiger partial charge in [-0.1, -0.05) is 38.4 Å². The van der Waals surface area contributed by atoms with E-state index >= 15 is 0 Å². The van der Waals surface area contributed by atoms with Crippen LogP contribution in [0.25, 0.3) is 0 Å². The van der Waals surface area contributed by atoms with Gasteiger partial charge < -0.3 is 30.3 Å². The number of hydrogen-bond acceptors (Lipinski definition) is 6. The lowest BCUT2D eigenvalue weighted by Crippen LogP contribution is -2.52. The molecular formula is C30H42ClN5O4. The molecule has 4 rings (SSSR count). The molecule has 0 spiro atoms. The van der Waals surface area contributed by atoms with Crippen LogP contribution in [0.2, 0.25) is 5.15 Å². The van der Waals surface area contributed by atoms with Crippen molar-refractivity contribution in [2.24, 2.45) is 11.1 Å². The molecule has 2 aromatic rings. The van der Waals surface area contributed by atoms with E-state index in [1.807, 2.05) is 30.0 Å². The van der Waals surface area contributed by atoms with Crippen molar-refractivity contribution in [2.45, 2.75) is 79.3 Å². The van der Waals surface area contributed by atoms with Gasteiger partial charge in [0, 0.05) is 31.7 Å². The Morgan fingerprint density at radius 1 is 1.23 bits per heavy atom. The molecule has 0 aliphatic carbocycles. The highest BCUT2D eigenvalue weighted by Gasteiger charge is 2.33. The van der Waals surface area contributed by atoms with Gasteiger partial charge in [0.2, 0.25) is 6.79 Å². The second-order valence-electron chi connectivity index (χ2n) is 12.1. The van der Waals surface area contributed by atoms with Crippen molar-refractivity contribution < 1.29 is 19.1 Å². The summed E-state index contributed by atoms with van der Waals surface area (Å²) in [6, 6.07) is 5.86. The molecule has 2 aliphatic heterocycles. The fourth-order valence-corrected chi connectivity index (χ4v) is 6.13. The second-order valence-corrected chi connectivity index (χ2v) is 12.5. The molecule has 1 aromatic carbocycles. The SMILES string of the molecule is Cc1nc(Cl)c(CC[C@@H](C)N2CCC(N(CC(C)(C)C)C(=O)Nc3cccc4c3OCO4)CC2)c(C)c1C(N)=O. The number of nitrogens with zero attached hydrogens (tertiary/aromatic N) is 3. The van der Waals surface area contributed by atoms with E-state index in [9.17, 15) is 9.59 Å². The van der Waals surface area contributed by atoms with Gasteiger partial charge in [-0.15, -0.1) is 0 Å². The van der Waals surface area contributed by atoms with Gasteiger partial charge in [0.15, 0.2) is 11.5 Å². The summed E-state index contributed by atoms with van der Waals surface area (Å²) in [6.45, 7) is 14.9. The van der Waals surface area contributed by atoms with Crippen LogP contribution < -0.4 is 20.5 Å². The lowest BCUT2D eigenvalue weighted by Gasteiger charge is -2.42. The minimum atomic E-state index is -0.475. The van der Waals surface area contributed by atoms with E-state index in [4.69, 9.17) is 26.8 Å². The Balaban J connectivity index is 1.39. The van der Waals surface area contributed by atoms with Gasteiger partial charge in [-0.2, -0.15) is 0 Å². The van der Waals surface area contributed by atoms with E-state index in [0.29, 0.717) is 52.6 Å². The third-order valence-electron chi connectivity index (χ3n) is 7.87. The summed E-state index contributed by atoms with van der Waals surface area (Å²) in [5.41, 5.74) is 8.91. The van der Waals surface area contributed by atoms with E-state index in [-0.39, 0.29) is 24.3 Å². The van der Waals surface area contributed by atoms with Crippen molar-refractivity contribution in [3.63, 3.8) is 0 Å². The molecule has 1 atom stereocenters. The van der Waals surface area contributed by atoms with Gasteiger partial charge >= 0.3 is 6.03 Å². The summed E-state index contributed by atoms with van der Waals surface area (Å²) in [7, 11) is 0. The predicted octanol–water partition coefficient (Wildman–Crippen LogP) is 5.55. The number of urea groups is 1. The molecule has 3 N–H and O–H groups in total. The van der Waals surface area contributed by atoms with Gasteiger partial charge in [0.25, 0.3) is 5.91 Å². The molecule has 0 saturated carbocycles. The number of carbonyl (C=O) groups excluding carboxylic acids is 2. The number of benzene rings is 1. The van der Waals surface area contributed by atoms with E-state index in [2.05, 4.69) is 42.9 Å². The van der Waals surface area contributed by atoms with Gasteiger partial charge in [0.05, 0.1) is 16.9 Å². The van der Waals surface area contributed by atoms with Gasteiger partial charge in [-0.3, -0.25) is 4.79 Å². The minimum absolute atomic E-state index is 0.0526. The second kappa shape index (κ2) is 12.2. The van der Waals surface area contributed by atoms with Crippen molar-refractivity contribution in [1.29, 1.82) is 0 Å². The number of carbonyl (C=O) groups is 2. The van der Waals surface area contributed by atoms with E-state index < -0.39 is 5.91 Å². The summed E-state index contributed by atoms with van der Waals surface area (Å²) in [4.78, 5) is 34.4. The first-order valence-electron chi connectivity index (χ1n) is 14.0. The third kappa shape index (κ3) is 6.81. The van der Waals surface area contributed by atoms with Crippen LogP contribution in [0, 0.1) is 19.3 Å². The number of amides is 3. The van der Waals surface area contributed by atoms with Crippen molar-refractivity contribution in [2.75, 3.05) is 31.7 Å². The lowest BCUT2D eigenvalue weighted by molar-refractivity contribution is 0.0868. The fraction of sp³-hybridized carbons (Fsp3) is 0.567. The molecule has 40 heavy (non-hydrogen) atoms. The van der Waals surface area contributed by atoms with Gasteiger partial charge in [-0.25, -0.2) is 9.78 Å². The Kier molecular flexibility index (Phi) is 9.15. The predicted molar refractivity (Wildman–Crippen MR) is 157 cm³/mol. The van der Waals surface area contributed by atoms with Crippen LogP contribution in [-0.4, -0.2) is 65.2 Å². The van der Waals surface area contributed by atoms with E-state index in [0.717, 1.165) is 43.5 Å². The van der Waals surface area contributed by atoms with Crippen LogP contribution in [0.4, 0.5) is 10.5 Å². The number of likely N-dealkylation sites (tertiary alicyclic amines) is 1. The maximum absolute atomic E-state index is 13.6. The zero-order valence-electron chi connectivity index (χ0n) is 24.5. The normalized spacial score (nSPS) is 16.6. The smallest absolute Gasteiger partial charge is 0.322 e. The molecule has 1 fully saturated rings. The van der Waals surface area contributed by atoms with Gasteiger partial charge in [0.1, 0.15) is 5.15 Å². The molecule has 0 bridgehead atoms. The number of nitrogens with two attached hydrogens (primary N) is 1. The van der Waals surface area contributed by atoms with E-state index in [1.165, 1.54) is 0 Å². The number of anilines is 1. The Bertz CT molecular complexity index is 1250. The summed E-state index contributed by atoms with van der Waals surface area (Å²) in [5, 5.41) is 3.52. The molecule has 0 unspecified atom stereocenters. The van der Waals surface area contributed by atoms with Crippen LogP contribution in [0.3, 0.4) is 0 Å². The Morgan fingerprint density at radius 2 is 1.93 bits per heavy atom. The molecule has 1 aromatic heterocycles. The molecule has 1 saturated heterocycles. The van der Waals surface area contributed by atoms with Crippen molar-refractivity contribution >= 4 is 29.2 Å². The first kappa shape index (κ1) is 29.9. The molecule has 218 valence electrons. The zero-order valence-corrected chi connectivity index (χ0v) is 25.2. The number of halogens is 1. The standard InChI is InChI=1S/C30H42ClN5O4/c1-18(10-11-22-19(2)25(28(32)37)20(3)33-27(22)31)35-14-12-21(13-15-35)36(16-30(4,5)6)29(38)34-23-8-7-9-24-26(23)40-17-39-24/h7-9,18,21H,10-17H2,1-6H3,(H2,32,37)(H,34,38)/t18-/m1/s1. The molecular weight excluding hydrogens is 530 g/mol. The fourth-order valence-electron chi connectivity index (χ4n) is 5.77. The topological polar surface area (TPSA) is 110 Å². The van der Waals surface area contributed by atoms with Gasteiger partial charge in [-0.05, 0) is 75.1 Å². The average Bonchev–Trinajstić information content (AvgIpc) is 3.36. The molecule has 10 heteroatoms. The summed E-state index contributed by atoms with van der Waals surface area (Å²) < 4.78 is 11.1. The van der Waals surface area contributed by atoms with Crippen molar-refractivity contribution in [3.8, 4) is 11.5 Å². The number of para-hydroxylation sites is 1. The maximum Gasteiger partial charge on any atom is 0.322 e. The number of ether oxygens (including phenoxy) is 2. The number of primary amides is 1. The Labute approximate surface area is 242 Å². The minimum Gasteiger partial charge on any atom is -0.454 e. The van der Waals surface area contributed by atoms with Crippen molar-refractivity contribution in [1.82, 2.24) is 14.8 Å². The summed E-state index contributed by atoms with van der Waals surface area (Å²) in [5.74, 6) is 0.750. The number of aryl methyl sites for hydroxylation is 1. The zero-order chi connectivity index (χ0) is 29.2. The lowest BCUT2D eigenvalue weighted by atomic mass is 9.93. The highest BCUT2D eigenvalue weighted by Crippen LogP contribution is 2.39. The quantitative estimate of drug-likeness (QED) is 0.402. The maximum atomic E-state index is 13.6. The van der Waals surface area contributed by atoms with Crippen LogP contribution in [0.1, 0.15) is 74.1 Å². The number of pyridine rings is 1. The highest BCUT2D eigenvalue weighted by molar-refractivity contribution is 6.30. The van der Waals surface area contributed by atoms with Crippen molar-refractivity contribution in [3.05, 3.63) is 45.7 Å². The summed E-state index contributed by atoms with van der Waals surface area (Å²) >= 11 is 6.47. The number of fused-ring (bicyclic) bond motifs is 1. The molecule has 9 nitrogen and oxygen atoms in total. The van der Waals surface area contributed by atoms with Crippen LogP contribution in [0.15, 0.2) is 18.2 Å². The third-order valence-corrected chi connectivity index (χ3v) is 8.18. The van der Waals surface area contributed by atoms with E-state index in [1.54, 1.807) is 6.92 Å².